The van der Waals surface area contributed by atoms with Crippen LogP contribution >= 0.6 is 0 Å². The Morgan fingerprint density at radius 1 is 0.906 bits per heavy atom. The van der Waals surface area contributed by atoms with E-state index in [2.05, 4.69) is 36.1 Å². The van der Waals surface area contributed by atoms with Gasteiger partial charge in [-0.3, -0.25) is 14.5 Å². The van der Waals surface area contributed by atoms with Crippen LogP contribution in [-0.4, -0.2) is 29.1 Å². The maximum atomic E-state index is 13.4. The number of nitrogens with zero attached hydrogens (tertiary/aromatic N) is 1. The van der Waals surface area contributed by atoms with Gasteiger partial charge in [0.2, 0.25) is 0 Å². The molecule has 0 aliphatic carbocycles. The molecule has 3 heteroatoms. The van der Waals surface area contributed by atoms with Crippen molar-refractivity contribution in [2.24, 2.45) is 0 Å². The highest BCUT2D eigenvalue weighted by atomic mass is 16.1. The molecule has 164 valence electrons. The average Bonchev–Trinajstić information content (AvgIpc) is 3.31. The van der Waals surface area contributed by atoms with Crippen LogP contribution in [0, 0.1) is 0 Å². The average molecular weight is 426 g/mol. The van der Waals surface area contributed by atoms with Gasteiger partial charge in [-0.15, -0.1) is 0 Å². The second-order valence-corrected chi connectivity index (χ2v) is 8.67. The molecule has 2 atom stereocenters. The second-order valence-electron chi connectivity index (χ2n) is 8.67. The van der Waals surface area contributed by atoms with Crippen molar-refractivity contribution in [3.63, 3.8) is 0 Å². The first-order valence-corrected chi connectivity index (χ1v) is 11.7. The fourth-order valence-corrected chi connectivity index (χ4v) is 4.86. The molecule has 0 aromatic heterocycles. The third-order valence-corrected chi connectivity index (χ3v) is 6.59. The molecule has 0 amide bonds. The van der Waals surface area contributed by atoms with Crippen LogP contribution in [0.3, 0.4) is 0 Å². The van der Waals surface area contributed by atoms with E-state index in [4.69, 9.17) is 0 Å². The van der Waals surface area contributed by atoms with Crippen LogP contribution in [0.2, 0.25) is 0 Å². The minimum atomic E-state index is -0.0266. The molecule has 0 bridgehead atoms. The summed E-state index contributed by atoms with van der Waals surface area (Å²) in [7, 11) is 0. The largest absolute Gasteiger partial charge is 0.298 e. The molecule has 1 aliphatic heterocycles. The molecule has 1 saturated heterocycles. The van der Waals surface area contributed by atoms with Crippen LogP contribution in [-0.2, 0) is 11.3 Å². The fourth-order valence-electron chi connectivity index (χ4n) is 4.86. The zero-order valence-corrected chi connectivity index (χ0v) is 18.7. The third-order valence-electron chi connectivity index (χ3n) is 6.59. The Balaban J connectivity index is 1.51. The summed E-state index contributed by atoms with van der Waals surface area (Å²) < 4.78 is 0. The minimum Gasteiger partial charge on any atom is -0.298 e. The molecular formula is C29H31NO2. The van der Waals surface area contributed by atoms with E-state index < -0.39 is 0 Å². The van der Waals surface area contributed by atoms with Crippen LogP contribution in [0.5, 0.6) is 0 Å². The molecule has 0 N–H and O–H groups in total. The monoisotopic (exact) mass is 425 g/mol. The van der Waals surface area contributed by atoms with Crippen LogP contribution in [0.4, 0.5) is 0 Å². The quantitative estimate of drug-likeness (QED) is 0.393. The lowest BCUT2D eigenvalue weighted by Crippen LogP contribution is -2.36. The zero-order valence-electron chi connectivity index (χ0n) is 18.7. The van der Waals surface area contributed by atoms with Crippen molar-refractivity contribution >= 4 is 11.6 Å². The number of Topliss-reactive ketones (excluding diaryl/α,β-unsaturated/α-hetero) is 1. The molecule has 0 saturated carbocycles. The lowest BCUT2D eigenvalue weighted by molar-refractivity contribution is -0.123. The lowest BCUT2D eigenvalue weighted by atomic mass is 9.84. The van der Waals surface area contributed by atoms with Gasteiger partial charge in [0.05, 0.1) is 6.04 Å². The zero-order chi connectivity index (χ0) is 22.3. The number of carbonyl (C=O) groups excluding carboxylic acids is 2. The van der Waals surface area contributed by atoms with Gasteiger partial charge in [0.1, 0.15) is 0 Å². The lowest BCUT2D eigenvalue weighted by Gasteiger charge is -2.26. The van der Waals surface area contributed by atoms with Gasteiger partial charge >= 0.3 is 0 Å². The molecule has 3 aromatic rings. The Hall–Kier alpha value is -3.04. The molecule has 2 unspecified atom stereocenters. The highest BCUT2D eigenvalue weighted by molar-refractivity contribution is 6.10. The number of hydrogen-bond acceptors (Lipinski definition) is 3. The van der Waals surface area contributed by atoms with Gasteiger partial charge in [-0.2, -0.15) is 0 Å². The van der Waals surface area contributed by atoms with Crippen molar-refractivity contribution in [3.05, 3.63) is 107 Å². The summed E-state index contributed by atoms with van der Waals surface area (Å²) in [6.07, 6.45) is 3.29. The topological polar surface area (TPSA) is 37.4 Å². The van der Waals surface area contributed by atoms with Crippen molar-refractivity contribution in [2.75, 3.05) is 6.54 Å². The summed E-state index contributed by atoms with van der Waals surface area (Å²) in [5.74, 6) is 0.372. The van der Waals surface area contributed by atoms with Gasteiger partial charge in [-0.25, -0.2) is 0 Å². The second kappa shape index (κ2) is 10.5. The van der Waals surface area contributed by atoms with Gasteiger partial charge in [0.15, 0.2) is 11.6 Å². The van der Waals surface area contributed by atoms with Crippen molar-refractivity contribution in [2.45, 2.75) is 51.1 Å². The Kier molecular flexibility index (Phi) is 7.28. The van der Waals surface area contributed by atoms with E-state index in [-0.39, 0.29) is 17.7 Å². The van der Waals surface area contributed by atoms with Crippen LogP contribution in [0.1, 0.15) is 65.6 Å². The summed E-state index contributed by atoms with van der Waals surface area (Å²) in [6.45, 7) is 3.89. The van der Waals surface area contributed by atoms with Crippen LogP contribution < -0.4 is 0 Å². The number of rotatable bonds is 9. The summed E-state index contributed by atoms with van der Waals surface area (Å²) in [6, 6.07) is 27.5. The van der Waals surface area contributed by atoms with E-state index in [1.54, 1.807) is 0 Å². The summed E-state index contributed by atoms with van der Waals surface area (Å²) in [5, 5.41) is 0. The molecule has 32 heavy (non-hydrogen) atoms. The number of likely N-dealkylation sites (tertiary alicyclic amines) is 1. The summed E-state index contributed by atoms with van der Waals surface area (Å²) >= 11 is 0. The molecule has 0 radical (unpaired) electrons. The number of ketones is 2. The van der Waals surface area contributed by atoms with Gasteiger partial charge in [0.25, 0.3) is 0 Å². The first kappa shape index (κ1) is 22.2. The van der Waals surface area contributed by atoms with Crippen LogP contribution in [0.15, 0.2) is 84.9 Å². The SMILES string of the molecule is CCC(CC(=O)C1CCCN1Cc1ccccc1)c1ccccc1C(=O)c1ccccc1. The maximum Gasteiger partial charge on any atom is 0.193 e. The van der Waals surface area contributed by atoms with Gasteiger partial charge in [-0.1, -0.05) is 91.9 Å². The van der Waals surface area contributed by atoms with E-state index in [9.17, 15) is 9.59 Å². The Morgan fingerprint density at radius 2 is 1.56 bits per heavy atom. The van der Waals surface area contributed by atoms with Gasteiger partial charge in [0, 0.05) is 24.1 Å². The van der Waals surface area contributed by atoms with E-state index >= 15 is 0 Å². The minimum absolute atomic E-state index is 0.0265. The molecular weight excluding hydrogens is 394 g/mol. The predicted molar refractivity (Wildman–Crippen MR) is 129 cm³/mol. The van der Waals surface area contributed by atoms with E-state index in [1.807, 2.05) is 60.7 Å². The molecule has 1 aliphatic rings. The van der Waals surface area contributed by atoms with Gasteiger partial charge in [-0.05, 0) is 42.9 Å². The van der Waals surface area contributed by atoms with Crippen molar-refractivity contribution in [1.29, 1.82) is 0 Å². The van der Waals surface area contributed by atoms with Gasteiger partial charge < -0.3 is 0 Å². The van der Waals surface area contributed by atoms with E-state index in [0.717, 1.165) is 37.9 Å². The highest BCUT2D eigenvalue weighted by Crippen LogP contribution is 2.31. The predicted octanol–water partition coefficient (Wildman–Crippen LogP) is 6.04. The van der Waals surface area contributed by atoms with Crippen LogP contribution in [0.25, 0.3) is 0 Å². The fraction of sp³-hybridized carbons (Fsp3) is 0.310. The van der Waals surface area contributed by atoms with Crippen molar-refractivity contribution in [3.8, 4) is 0 Å². The maximum absolute atomic E-state index is 13.4. The van der Waals surface area contributed by atoms with E-state index in [1.165, 1.54) is 5.56 Å². The number of hydrogen-bond donors (Lipinski definition) is 0. The first-order chi connectivity index (χ1) is 15.7. The Morgan fingerprint density at radius 3 is 2.28 bits per heavy atom. The smallest absolute Gasteiger partial charge is 0.193 e. The molecule has 1 fully saturated rings. The molecule has 1 heterocycles. The Bertz CT molecular complexity index is 1050. The van der Waals surface area contributed by atoms with E-state index in [0.29, 0.717) is 23.3 Å². The molecule has 0 spiro atoms. The molecule has 4 rings (SSSR count). The number of carbonyl (C=O) groups is 2. The highest BCUT2D eigenvalue weighted by Gasteiger charge is 2.32. The first-order valence-electron chi connectivity index (χ1n) is 11.7. The summed E-state index contributed by atoms with van der Waals surface area (Å²) in [5.41, 5.74) is 3.64. The normalized spacial score (nSPS) is 17.2. The Labute approximate surface area is 191 Å². The standard InChI is InChI=1S/C29H31NO2/c1-2-23(25-16-9-10-17-26(25)29(32)24-14-7-4-8-15-24)20-28(31)27-18-11-19-30(27)21-22-12-5-3-6-13-22/h3-10,12-17,23,27H,2,11,18-21H2,1H3. The summed E-state index contributed by atoms with van der Waals surface area (Å²) in [4.78, 5) is 28.9. The number of benzene rings is 3. The van der Waals surface area contributed by atoms with Crippen molar-refractivity contribution in [1.82, 2.24) is 4.90 Å². The third kappa shape index (κ3) is 5.05. The molecule has 3 aromatic carbocycles. The molecule has 3 nitrogen and oxygen atoms in total. The van der Waals surface area contributed by atoms with Crippen molar-refractivity contribution < 1.29 is 9.59 Å².